The summed E-state index contributed by atoms with van der Waals surface area (Å²) in [5, 5.41) is 0. The van der Waals surface area contributed by atoms with E-state index in [0.29, 0.717) is 13.2 Å². The molecule has 1 atom stereocenters. The van der Waals surface area contributed by atoms with Gasteiger partial charge in [0, 0.05) is 19.6 Å². The molecule has 1 aromatic carbocycles. The van der Waals surface area contributed by atoms with E-state index in [2.05, 4.69) is 4.99 Å². The maximum absolute atomic E-state index is 12.3. The van der Waals surface area contributed by atoms with Crippen molar-refractivity contribution >= 4 is 11.9 Å². The predicted molar refractivity (Wildman–Crippen MR) is 97.2 cm³/mol. The lowest BCUT2D eigenvalue weighted by atomic mass is 9.82. The zero-order valence-electron chi connectivity index (χ0n) is 15.4. The van der Waals surface area contributed by atoms with Gasteiger partial charge in [-0.1, -0.05) is 30.3 Å². The van der Waals surface area contributed by atoms with Gasteiger partial charge in [-0.2, -0.15) is 0 Å². The first-order valence-electron chi connectivity index (χ1n) is 9.09. The summed E-state index contributed by atoms with van der Waals surface area (Å²) in [6.45, 7) is 4.77. The molecule has 0 radical (unpaired) electrons. The number of ether oxygens (including phenoxy) is 3. The summed E-state index contributed by atoms with van der Waals surface area (Å²) in [5.74, 6) is 0.867. The van der Waals surface area contributed by atoms with E-state index in [-0.39, 0.29) is 24.1 Å². The van der Waals surface area contributed by atoms with Crippen LogP contribution in [0.3, 0.4) is 0 Å². The Labute approximate surface area is 150 Å². The van der Waals surface area contributed by atoms with Crippen LogP contribution in [0.15, 0.2) is 35.3 Å². The van der Waals surface area contributed by atoms with E-state index in [9.17, 15) is 4.79 Å². The Morgan fingerprint density at radius 2 is 1.80 bits per heavy atom. The molecule has 0 amide bonds. The number of hydrogen-bond acceptors (Lipinski definition) is 5. The van der Waals surface area contributed by atoms with Gasteiger partial charge in [-0.15, -0.1) is 0 Å². The quantitative estimate of drug-likeness (QED) is 0.324. The van der Waals surface area contributed by atoms with Crippen molar-refractivity contribution in [2.24, 2.45) is 16.8 Å². The maximum atomic E-state index is 12.3. The molecule has 1 aromatic rings. The Hall–Kier alpha value is -1.88. The SMILES string of the molecule is CCOC(C)O/C(=N\C)C1CCC(C(=O)OCc2ccccc2)CC1. The lowest BCUT2D eigenvalue weighted by Crippen LogP contribution is -2.30. The van der Waals surface area contributed by atoms with E-state index in [1.165, 1.54) is 0 Å². The van der Waals surface area contributed by atoms with Gasteiger partial charge in [-0.05, 0) is 45.1 Å². The first kappa shape index (κ1) is 19.4. The van der Waals surface area contributed by atoms with Crippen molar-refractivity contribution in [1.29, 1.82) is 0 Å². The minimum absolute atomic E-state index is 0.0256. The Balaban J connectivity index is 1.77. The van der Waals surface area contributed by atoms with E-state index in [0.717, 1.165) is 37.1 Å². The molecule has 0 saturated heterocycles. The summed E-state index contributed by atoms with van der Waals surface area (Å²) in [6, 6.07) is 9.77. The van der Waals surface area contributed by atoms with Gasteiger partial charge in [-0.25, -0.2) is 0 Å². The summed E-state index contributed by atoms with van der Waals surface area (Å²) in [6.07, 6.45) is 3.10. The lowest BCUT2D eigenvalue weighted by molar-refractivity contribution is -0.151. The number of carbonyl (C=O) groups is 1. The Kier molecular flexibility index (Phi) is 7.92. The van der Waals surface area contributed by atoms with E-state index >= 15 is 0 Å². The highest BCUT2D eigenvalue weighted by atomic mass is 16.7. The molecule has 5 nitrogen and oxygen atoms in total. The molecule has 25 heavy (non-hydrogen) atoms. The van der Waals surface area contributed by atoms with Crippen molar-refractivity contribution < 1.29 is 19.0 Å². The van der Waals surface area contributed by atoms with Crippen LogP contribution < -0.4 is 0 Å². The molecule has 0 spiro atoms. The summed E-state index contributed by atoms with van der Waals surface area (Å²) >= 11 is 0. The molecule has 0 heterocycles. The number of nitrogens with zero attached hydrogens (tertiary/aromatic N) is 1. The second-order valence-corrected chi connectivity index (χ2v) is 6.34. The van der Waals surface area contributed by atoms with Gasteiger partial charge in [0.1, 0.15) is 6.61 Å². The van der Waals surface area contributed by atoms with Gasteiger partial charge >= 0.3 is 5.97 Å². The first-order chi connectivity index (χ1) is 12.1. The highest BCUT2D eigenvalue weighted by molar-refractivity contribution is 5.79. The van der Waals surface area contributed by atoms with Gasteiger partial charge < -0.3 is 14.2 Å². The number of esters is 1. The number of hydrogen-bond donors (Lipinski definition) is 0. The van der Waals surface area contributed by atoms with E-state index in [1.807, 2.05) is 44.2 Å². The molecule has 0 aliphatic heterocycles. The average molecular weight is 347 g/mol. The summed E-state index contributed by atoms with van der Waals surface area (Å²) in [5.41, 5.74) is 1.02. The topological polar surface area (TPSA) is 57.1 Å². The lowest BCUT2D eigenvalue weighted by Gasteiger charge is -2.29. The second-order valence-electron chi connectivity index (χ2n) is 6.34. The molecule has 1 aliphatic carbocycles. The van der Waals surface area contributed by atoms with Crippen molar-refractivity contribution in [3.8, 4) is 0 Å². The van der Waals surface area contributed by atoms with Crippen LogP contribution in [0.4, 0.5) is 0 Å². The van der Waals surface area contributed by atoms with Crippen molar-refractivity contribution in [2.45, 2.75) is 52.4 Å². The van der Waals surface area contributed by atoms with Crippen LogP contribution in [0.5, 0.6) is 0 Å². The molecule has 1 aliphatic rings. The predicted octanol–water partition coefficient (Wildman–Crippen LogP) is 3.96. The molecule has 5 heteroatoms. The highest BCUT2D eigenvalue weighted by Gasteiger charge is 2.31. The number of rotatable bonds is 7. The molecule has 0 aromatic heterocycles. The van der Waals surface area contributed by atoms with Gasteiger partial charge in [0.05, 0.1) is 5.92 Å². The van der Waals surface area contributed by atoms with Gasteiger partial charge in [0.25, 0.3) is 0 Å². The largest absolute Gasteiger partial charge is 0.461 e. The Morgan fingerprint density at radius 3 is 2.40 bits per heavy atom. The smallest absolute Gasteiger partial charge is 0.309 e. The third-order valence-electron chi connectivity index (χ3n) is 4.54. The monoisotopic (exact) mass is 347 g/mol. The second kappa shape index (κ2) is 10.2. The molecule has 2 rings (SSSR count). The summed E-state index contributed by atoms with van der Waals surface area (Å²) < 4.78 is 16.7. The molecule has 138 valence electrons. The minimum Gasteiger partial charge on any atom is -0.461 e. The van der Waals surface area contributed by atoms with Gasteiger partial charge in [-0.3, -0.25) is 9.79 Å². The van der Waals surface area contributed by atoms with Crippen LogP contribution in [0.1, 0.15) is 45.1 Å². The van der Waals surface area contributed by atoms with Gasteiger partial charge in [0.15, 0.2) is 12.2 Å². The molecule has 1 saturated carbocycles. The van der Waals surface area contributed by atoms with E-state index < -0.39 is 0 Å². The fourth-order valence-corrected chi connectivity index (χ4v) is 3.19. The zero-order chi connectivity index (χ0) is 18.1. The van der Waals surface area contributed by atoms with E-state index in [1.54, 1.807) is 7.05 Å². The first-order valence-corrected chi connectivity index (χ1v) is 9.09. The standard InChI is InChI=1S/C20H29NO4/c1-4-23-15(2)25-19(21-3)17-10-12-18(13-11-17)20(22)24-14-16-8-6-5-7-9-16/h5-9,15,17-18H,4,10-14H2,1-3H3/b21-19-. The van der Waals surface area contributed by atoms with Crippen molar-refractivity contribution in [3.05, 3.63) is 35.9 Å². The molecular formula is C20H29NO4. The van der Waals surface area contributed by atoms with E-state index in [4.69, 9.17) is 14.2 Å². The summed E-state index contributed by atoms with van der Waals surface area (Å²) in [7, 11) is 1.74. The fourth-order valence-electron chi connectivity index (χ4n) is 3.19. The molecule has 1 fully saturated rings. The van der Waals surface area contributed by atoms with Crippen molar-refractivity contribution in [1.82, 2.24) is 0 Å². The van der Waals surface area contributed by atoms with Crippen molar-refractivity contribution in [2.75, 3.05) is 13.7 Å². The van der Waals surface area contributed by atoms with Gasteiger partial charge in [0.2, 0.25) is 0 Å². The van der Waals surface area contributed by atoms with Crippen LogP contribution in [-0.2, 0) is 25.6 Å². The minimum atomic E-state index is -0.294. The summed E-state index contributed by atoms with van der Waals surface area (Å²) in [4.78, 5) is 16.6. The Morgan fingerprint density at radius 1 is 1.16 bits per heavy atom. The molecule has 1 unspecified atom stereocenters. The highest BCUT2D eigenvalue weighted by Crippen LogP contribution is 2.31. The van der Waals surface area contributed by atoms with Crippen LogP contribution in [0, 0.1) is 11.8 Å². The van der Waals surface area contributed by atoms with Crippen LogP contribution in [0.25, 0.3) is 0 Å². The number of aliphatic imine (C=N–C) groups is 1. The average Bonchev–Trinajstić information content (AvgIpc) is 2.65. The molecular weight excluding hydrogens is 318 g/mol. The van der Waals surface area contributed by atoms with Crippen LogP contribution in [0.2, 0.25) is 0 Å². The zero-order valence-corrected chi connectivity index (χ0v) is 15.4. The normalized spacial score (nSPS) is 22.3. The van der Waals surface area contributed by atoms with Crippen molar-refractivity contribution in [3.63, 3.8) is 0 Å². The maximum Gasteiger partial charge on any atom is 0.309 e. The molecule has 0 N–H and O–H groups in total. The fraction of sp³-hybridized carbons (Fsp3) is 0.600. The number of carbonyl (C=O) groups excluding carboxylic acids is 1. The van der Waals surface area contributed by atoms with Crippen LogP contribution in [-0.4, -0.2) is 31.8 Å². The third kappa shape index (κ3) is 6.16. The third-order valence-corrected chi connectivity index (χ3v) is 4.54. The van der Waals surface area contributed by atoms with Crippen LogP contribution >= 0.6 is 0 Å². The Bertz CT molecular complexity index is 550. The number of benzene rings is 1. The molecule has 0 bridgehead atoms.